The highest BCUT2D eigenvalue weighted by molar-refractivity contribution is 6.55. The van der Waals surface area contributed by atoms with E-state index in [2.05, 4.69) is 75.5 Å². The average molecular weight is 249 g/mol. The Morgan fingerprint density at radius 2 is 1.71 bits per heavy atom. The largest absolute Gasteiger partial charge is 0.397 e. The first-order valence-electron chi connectivity index (χ1n) is 5.96. The number of hydrogen-bond acceptors (Lipinski definition) is 2. The quantitative estimate of drug-likeness (QED) is 0.761. The molecule has 0 spiro atoms. The first-order chi connectivity index (χ1) is 7.88. The van der Waals surface area contributed by atoms with Crippen LogP contribution in [0.25, 0.3) is 6.08 Å². The lowest BCUT2D eigenvalue weighted by Crippen LogP contribution is -2.40. The fourth-order valence-corrected chi connectivity index (χ4v) is 3.18. The van der Waals surface area contributed by atoms with Crippen LogP contribution in [0.15, 0.2) is 36.0 Å². The van der Waals surface area contributed by atoms with Gasteiger partial charge >= 0.3 is 0 Å². The fourth-order valence-electron chi connectivity index (χ4n) is 1.44. The lowest BCUT2D eigenvalue weighted by atomic mass is 10.2. The van der Waals surface area contributed by atoms with Crippen molar-refractivity contribution in [2.24, 2.45) is 0 Å². The summed E-state index contributed by atoms with van der Waals surface area (Å²) in [5.41, 5.74) is 3.37. The zero-order chi connectivity index (χ0) is 12.9. The molecule has 0 fully saturated rings. The minimum atomic E-state index is -1.45. The Morgan fingerprint density at radius 1 is 1.12 bits per heavy atom. The Bertz CT molecular complexity index is 354. The van der Waals surface area contributed by atoms with Crippen LogP contribution >= 0.6 is 0 Å². The van der Waals surface area contributed by atoms with Gasteiger partial charge in [0.15, 0.2) is 0 Å². The molecule has 0 heterocycles. The second-order valence-electron chi connectivity index (χ2n) is 5.35. The molecular weight excluding hydrogens is 226 g/mol. The molecule has 1 rings (SSSR count). The maximum atomic E-state index is 6.10. The molecule has 0 saturated heterocycles. The fraction of sp³-hybridized carbons (Fsp3) is 0.429. The van der Waals surface area contributed by atoms with Gasteiger partial charge in [-0.05, 0) is 40.4 Å². The molecule has 0 aliphatic carbocycles. The zero-order valence-electron chi connectivity index (χ0n) is 11.5. The van der Waals surface area contributed by atoms with Gasteiger partial charge in [0.1, 0.15) is 0 Å². The van der Waals surface area contributed by atoms with Crippen LogP contribution in [0.5, 0.6) is 0 Å². The molecule has 0 amide bonds. The van der Waals surface area contributed by atoms with Crippen LogP contribution in [0.2, 0.25) is 0 Å². The Hall–Kier alpha value is -0.903. The third-order valence-corrected chi connectivity index (χ3v) is 4.72. The first-order valence-corrected chi connectivity index (χ1v) is 7.61. The minimum absolute atomic E-state index is 0.0812. The van der Waals surface area contributed by atoms with E-state index in [0.29, 0.717) is 0 Å². The SMILES string of the molecule is CN(C)[SiH](C=Cc1ccccc1)OC(C)(C)C. The predicted molar refractivity (Wildman–Crippen MR) is 77.2 cm³/mol. The van der Waals surface area contributed by atoms with Crippen LogP contribution in [0.4, 0.5) is 0 Å². The molecule has 94 valence electrons. The summed E-state index contributed by atoms with van der Waals surface area (Å²) in [6.07, 6.45) is 2.16. The van der Waals surface area contributed by atoms with Crippen molar-refractivity contribution in [3.05, 3.63) is 41.6 Å². The molecule has 0 aromatic heterocycles. The topological polar surface area (TPSA) is 12.5 Å². The van der Waals surface area contributed by atoms with Crippen molar-refractivity contribution in [3.8, 4) is 0 Å². The highest BCUT2D eigenvalue weighted by Crippen LogP contribution is 2.12. The summed E-state index contributed by atoms with van der Waals surface area (Å²) in [5.74, 6) is 0. The van der Waals surface area contributed by atoms with Crippen molar-refractivity contribution in [1.82, 2.24) is 4.57 Å². The van der Waals surface area contributed by atoms with Gasteiger partial charge in [-0.3, -0.25) is 0 Å². The van der Waals surface area contributed by atoms with Crippen LogP contribution < -0.4 is 0 Å². The Balaban J connectivity index is 2.71. The van der Waals surface area contributed by atoms with Crippen molar-refractivity contribution in [1.29, 1.82) is 0 Å². The summed E-state index contributed by atoms with van der Waals surface area (Å²) >= 11 is 0. The Morgan fingerprint density at radius 3 is 2.18 bits per heavy atom. The zero-order valence-corrected chi connectivity index (χ0v) is 12.6. The third-order valence-electron chi connectivity index (χ3n) is 2.24. The second-order valence-corrected chi connectivity index (χ2v) is 7.79. The molecule has 1 aromatic rings. The van der Waals surface area contributed by atoms with E-state index in [-0.39, 0.29) is 5.60 Å². The van der Waals surface area contributed by atoms with Crippen LogP contribution in [0, 0.1) is 0 Å². The highest BCUT2D eigenvalue weighted by atomic mass is 28.3. The van der Waals surface area contributed by atoms with E-state index >= 15 is 0 Å². The van der Waals surface area contributed by atoms with Crippen molar-refractivity contribution in [3.63, 3.8) is 0 Å². The summed E-state index contributed by atoms with van der Waals surface area (Å²) in [4.78, 5) is 0. The maximum Gasteiger partial charge on any atom is 0.280 e. The van der Waals surface area contributed by atoms with Gasteiger partial charge in [0.05, 0.1) is 0 Å². The van der Waals surface area contributed by atoms with Crippen molar-refractivity contribution < 1.29 is 4.43 Å². The molecule has 1 unspecified atom stereocenters. The summed E-state index contributed by atoms with van der Waals surface area (Å²) in [7, 11) is 2.71. The summed E-state index contributed by atoms with van der Waals surface area (Å²) in [6, 6.07) is 10.3. The molecule has 3 heteroatoms. The standard InChI is InChI=1S/C14H23NOSi/c1-14(2,3)16-17(15(4)5)12-11-13-9-7-6-8-10-13/h6-12,17H,1-5H3. The van der Waals surface area contributed by atoms with Crippen LogP contribution in [0.1, 0.15) is 26.3 Å². The normalized spacial score (nSPS) is 14.5. The van der Waals surface area contributed by atoms with Gasteiger partial charge in [-0.1, -0.05) is 42.1 Å². The average Bonchev–Trinajstić information content (AvgIpc) is 2.24. The van der Waals surface area contributed by atoms with E-state index in [1.165, 1.54) is 5.56 Å². The van der Waals surface area contributed by atoms with Crippen molar-refractivity contribution in [2.45, 2.75) is 26.4 Å². The minimum Gasteiger partial charge on any atom is -0.397 e. The highest BCUT2D eigenvalue weighted by Gasteiger charge is 2.19. The summed E-state index contributed by atoms with van der Waals surface area (Å²) in [6.45, 7) is 6.31. The molecule has 0 N–H and O–H groups in total. The van der Waals surface area contributed by atoms with Crippen LogP contribution in [-0.2, 0) is 4.43 Å². The molecule has 0 aliphatic heterocycles. The Kier molecular flexibility index (Phi) is 5.12. The van der Waals surface area contributed by atoms with Crippen LogP contribution in [0.3, 0.4) is 0 Å². The van der Waals surface area contributed by atoms with Gasteiger partial charge < -0.3 is 8.99 Å². The Labute approximate surface area is 107 Å². The van der Waals surface area contributed by atoms with E-state index < -0.39 is 9.20 Å². The second kappa shape index (κ2) is 6.14. The first kappa shape index (κ1) is 14.2. The van der Waals surface area contributed by atoms with E-state index in [1.54, 1.807) is 0 Å². The molecule has 0 radical (unpaired) electrons. The van der Waals surface area contributed by atoms with E-state index in [4.69, 9.17) is 4.43 Å². The smallest absolute Gasteiger partial charge is 0.280 e. The number of nitrogens with zero attached hydrogens (tertiary/aromatic N) is 1. The maximum absolute atomic E-state index is 6.10. The lowest BCUT2D eigenvalue weighted by molar-refractivity contribution is 0.117. The molecular formula is C14H23NOSi. The molecule has 1 aromatic carbocycles. The molecule has 17 heavy (non-hydrogen) atoms. The summed E-state index contributed by atoms with van der Waals surface area (Å²) < 4.78 is 8.30. The summed E-state index contributed by atoms with van der Waals surface area (Å²) in [5, 5.41) is 0. The van der Waals surface area contributed by atoms with Gasteiger partial charge in [0.2, 0.25) is 0 Å². The predicted octanol–water partition coefficient (Wildman–Crippen LogP) is 2.84. The molecule has 2 nitrogen and oxygen atoms in total. The third kappa shape index (κ3) is 5.82. The van der Waals surface area contributed by atoms with Gasteiger partial charge in [0, 0.05) is 5.60 Å². The monoisotopic (exact) mass is 249 g/mol. The number of hydrogen-bond donors (Lipinski definition) is 0. The van der Waals surface area contributed by atoms with Gasteiger partial charge in [0.25, 0.3) is 9.20 Å². The van der Waals surface area contributed by atoms with Crippen molar-refractivity contribution >= 4 is 15.3 Å². The van der Waals surface area contributed by atoms with Gasteiger partial charge in [-0.2, -0.15) is 0 Å². The van der Waals surface area contributed by atoms with E-state index in [0.717, 1.165) is 0 Å². The number of rotatable bonds is 4. The van der Waals surface area contributed by atoms with Gasteiger partial charge in [-0.25, -0.2) is 0 Å². The van der Waals surface area contributed by atoms with Gasteiger partial charge in [-0.15, -0.1) is 0 Å². The number of benzene rings is 1. The molecule has 1 atom stereocenters. The lowest BCUT2D eigenvalue weighted by Gasteiger charge is -2.28. The molecule has 0 bridgehead atoms. The van der Waals surface area contributed by atoms with Crippen LogP contribution in [-0.4, -0.2) is 33.5 Å². The molecule has 0 aliphatic rings. The molecule has 0 saturated carbocycles. The van der Waals surface area contributed by atoms with E-state index in [1.807, 2.05) is 6.07 Å². The van der Waals surface area contributed by atoms with E-state index in [9.17, 15) is 0 Å². The van der Waals surface area contributed by atoms with Crippen molar-refractivity contribution in [2.75, 3.05) is 14.1 Å².